The summed E-state index contributed by atoms with van der Waals surface area (Å²) < 4.78 is 11.4. The molecule has 0 fully saturated rings. The Balaban J connectivity index is 1.69. The first-order valence-electron chi connectivity index (χ1n) is 6.77. The van der Waals surface area contributed by atoms with E-state index >= 15 is 0 Å². The number of anilines is 1. The summed E-state index contributed by atoms with van der Waals surface area (Å²) in [6.45, 7) is 0.336. The number of nitrogens with zero attached hydrogens (tertiary/aromatic N) is 1. The van der Waals surface area contributed by atoms with Crippen LogP contribution in [0.4, 0.5) is 10.5 Å². The summed E-state index contributed by atoms with van der Waals surface area (Å²) in [5.41, 5.74) is 1.49. The monoisotopic (exact) mass is 348 g/mol. The van der Waals surface area contributed by atoms with Crippen LogP contribution in [0.2, 0.25) is 5.02 Å². The van der Waals surface area contributed by atoms with E-state index in [0.717, 1.165) is 15.2 Å². The first-order chi connectivity index (χ1) is 11.2. The second-order valence-electron chi connectivity index (χ2n) is 4.63. The van der Waals surface area contributed by atoms with Crippen LogP contribution in [0.25, 0.3) is 10.2 Å². The molecule has 0 atom stereocenters. The molecule has 3 rings (SSSR count). The lowest BCUT2D eigenvalue weighted by atomic mass is 10.3. The Kier molecular flexibility index (Phi) is 4.64. The van der Waals surface area contributed by atoms with Crippen molar-refractivity contribution in [3.8, 4) is 5.75 Å². The van der Waals surface area contributed by atoms with Crippen molar-refractivity contribution in [2.75, 3.05) is 12.4 Å². The number of carbonyl (C=O) groups is 1. The number of carbonyl (C=O) groups excluding carboxylic acids is 1. The molecule has 0 aliphatic heterocycles. The summed E-state index contributed by atoms with van der Waals surface area (Å²) in [5.74, 6) is 0.529. The number of hydrogen-bond acceptors (Lipinski definition) is 5. The van der Waals surface area contributed by atoms with Gasteiger partial charge in [-0.1, -0.05) is 23.7 Å². The summed E-state index contributed by atoms with van der Waals surface area (Å²) >= 11 is 7.75. The Morgan fingerprint density at radius 2 is 2.13 bits per heavy atom. The third-order valence-electron chi connectivity index (χ3n) is 3.05. The highest BCUT2D eigenvalue weighted by molar-refractivity contribution is 7.18. The zero-order chi connectivity index (χ0) is 16.2. The Hall–Kier alpha value is -2.31. The van der Waals surface area contributed by atoms with Gasteiger partial charge in [0.25, 0.3) is 0 Å². The predicted octanol–water partition coefficient (Wildman–Crippen LogP) is 4.71. The third kappa shape index (κ3) is 3.72. The molecular formula is C16H13ClN2O3S. The van der Waals surface area contributed by atoms with Gasteiger partial charge in [0.05, 0.1) is 22.3 Å². The zero-order valence-corrected chi connectivity index (χ0v) is 13.8. The molecule has 0 aliphatic rings. The highest BCUT2D eigenvalue weighted by Gasteiger charge is 2.08. The maximum absolute atomic E-state index is 11.2. The third-order valence-corrected chi connectivity index (χ3v) is 4.36. The van der Waals surface area contributed by atoms with E-state index in [4.69, 9.17) is 16.3 Å². The molecule has 0 unspecified atom stereocenters. The quantitative estimate of drug-likeness (QED) is 0.742. The molecule has 0 saturated carbocycles. The summed E-state index contributed by atoms with van der Waals surface area (Å²) in [5, 5.41) is 3.82. The molecule has 23 heavy (non-hydrogen) atoms. The largest absolute Gasteiger partial charge is 0.485 e. The van der Waals surface area contributed by atoms with Gasteiger partial charge in [0, 0.05) is 5.69 Å². The number of para-hydroxylation sites is 1. The van der Waals surface area contributed by atoms with Crippen molar-refractivity contribution >= 4 is 44.9 Å². The van der Waals surface area contributed by atoms with E-state index in [2.05, 4.69) is 15.0 Å². The van der Waals surface area contributed by atoms with E-state index in [9.17, 15) is 4.79 Å². The van der Waals surface area contributed by atoms with Gasteiger partial charge >= 0.3 is 6.09 Å². The summed E-state index contributed by atoms with van der Waals surface area (Å²) in [6.07, 6.45) is -0.552. The van der Waals surface area contributed by atoms with Crippen LogP contribution < -0.4 is 10.1 Å². The van der Waals surface area contributed by atoms with Gasteiger partial charge in [-0.15, -0.1) is 11.3 Å². The van der Waals surface area contributed by atoms with Crippen LogP contribution in [-0.2, 0) is 11.3 Å². The smallest absolute Gasteiger partial charge is 0.411 e. The van der Waals surface area contributed by atoms with Crippen molar-refractivity contribution in [2.45, 2.75) is 6.61 Å². The lowest BCUT2D eigenvalue weighted by Crippen LogP contribution is -2.10. The van der Waals surface area contributed by atoms with Crippen molar-refractivity contribution in [1.29, 1.82) is 0 Å². The van der Waals surface area contributed by atoms with Crippen LogP contribution in [0, 0.1) is 0 Å². The van der Waals surface area contributed by atoms with Gasteiger partial charge in [-0.3, -0.25) is 5.32 Å². The van der Waals surface area contributed by atoms with Gasteiger partial charge in [-0.25, -0.2) is 9.78 Å². The molecule has 0 aliphatic carbocycles. The van der Waals surface area contributed by atoms with E-state index in [-0.39, 0.29) is 0 Å². The molecule has 1 N–H and O–H groups in total. The van der Waals surface area contributed by atoms with Crippen molar-refractivity contribution in [1.82, 2.24) is 4.98 Å². The Morgan fingerprint density at radius 1 is 1.30 bits per heavy atom. The molecule has 0 saturated heterocycles. The minimum atomic E-state index is -0.552. The van der Waals surface area contributed by atoms with E-state index < -0.39 is 6.09 Å². The van der Waals surface area contributed by atoms with Gasteiger partial charge < -0.3 is 9.47 Å². The lowest BCUT2D eigenvalue weighted by molar-refractivity contribution is 0.187. The molecule has 0 bridgehead atoms. The van der Waals surface area contributed by atoms with Crippen molar-refractivity contribution in [2.24, 2.45) is 0 Å². The average Bonchev–Trinajstić information content (AvgIpc) is 2.96. The number of thiazole rings is 1. The SMILES string of the molecule is COC(=O)Nc1ccc(OCc2nc3ccccc3s2)c(Cl)c1. The summed E-state index contributed by atoms with van der Waals surface area (Å²) in [7, 11) is 1.30. The standard InChI is InChI=1S/C16H13ClN2O3S/c1-21-16(20)18-10-6-7-13(11(17)8-10)22-9-15-19-12-4-2-3-5-14(12)23-15/h2-8H,9H2,1H3,(H,18,20). The number of benzene rings is 2. The topological polar surface area (TPSA) is 60.5 Å². The van der Waals surface area contributed by atoms with Gasteiger partial charge in [-0.05, 0) is 30.3 Å². The number of rotatable bonds is 4. The molecule has 118 valence electrons. The van der Waals surface area contributed by atoms with Crippen molar-refractivity contribution < 1.29 is 14.3 Å². The van der Waals surface area contributed by atoms with Crippen LogP contribution in [0.5, 0.6) is 5.75 Å². The number of amides is 1. The predicted molar refractivity (Wildman–Crippen MR) is 91.4 cm³/mol. The fourth-order valence-corrected chi connectivity index (χ4v) is 3.10. The van der Waals surface area contributed by atoms with Gasteiger partial charge in [0.15, 0.2) is 0 Å². The lowest BCUT2D eigenvalue weighted by Gasteiger charge is -2.09. The molecule has 2 aromatic carbocycles. The maximum Gasteiger partial charge on any atom is 0.411 e. The van der Waals surface area contributed by atoms with E-state index in [1.165, 1.54) is 7.11 Å². The first-order valence-corrected chi connectivity index (χ1v) is 7.97. The molecule has 1 aromatic heterocycles. The first kappa shape index (κ1) is 15.6. The van der Waals surface area contributed by atoms with Crippen LogP contribution in [-0.4, -0.2) is 18.2 Å². The number of hydrogen-bond donors (Lipinski definition) is 1. The normalized spacial score (nSPS) is 10.5. The second-order valence-corrected chi connectivity index (χ2v) is 6.15. The van der Waals surface area contributed by atoms with Gasteiger partial charge in [0.1, 0.15) is 17.4 Å². The van der Waals surface area contributed by atoms with Crippen LogP contribution in [0.1, 0.15) is 5.01 Å². The average molecular weight is 349 g/mol. The fourth-order valence-electron chi connectivity index (χ4n) is 1.99. The number of ether oxygens (including phenoxy) is 2. The fraction of sp³-hybridized carbons (Fsp3) is 0.125. The highest BCUT2D eigenvalue weighted by atomic mass is 35.5. The number of fused-ring (bicyclic) bond motifs is 1. The summed E-state index contributed by atoms with van der Waals surface area (Å²) in [4.78, 5) is 15.7. The molecule has 0 radical (unpaired) electrons. The second kappa shape index (κ2) is 6.85. The maximum atomic E-state index is 11.2. The van der Waals surface area contributed by atoms with Crippen LogP contribution in [0.3, 0.4) is 0 Å². The molecule has 1 heterocycles. The Morgan fingerprint density at radius 3 is 2.87 bits per heavy atom. The molecular weight excluding hydrogens is 336 g/mol. The molecule has 3 aromatic rings. The number of aromatic nitrogens is 1. The van der Waals surface area contributed by atoms with Gasteiger partial charge in [-0.2, -0.15) is 0 Å². The van der Waals surface area contributed by atoms with Gasteiger partial charge in [0.2, 0.25) is 0 Å². The van der Waals surface area contributed by atoms with E-state index in [0.29, 0.717) is 23.1 Å². The molecule has 1 amide bonds. The Bertz CT molecular complexity index is 817. The number of halogens is 1. The molecule has 7 heteroatoms. The number of nitrogens with one attached hydrogen (secondary N) is 1. The highest BCUT2D eigenvalue weighted by Crippen LogP contribution is 2.29. The van der Waals surface area contributed by atoms with Crippen molar-refractivity contribution in [3.63, 3.8) is 0 Å². The summed E-state index contributed by atoms with van der Waals surface area (Å²) in [6, 6.07) is 12.9. The Labute approximate surface area is 141 Å². The van der Waals surface area contributed by atoms with E-state index in [1.807, 2.05) is 24.3 Å². The minimum absolute atomic E-state index is 0.336. The zero-order valence-electron chi connectivity index (χ0n) is 12.2. The van der Waals surface area contributed by atoms with Crippen LogP contribution in [0.15, 0.2) is 42.5 Å². The van der Waals surface area contributed by atoms with E-state index in [1.54, 1.807) is 29.5 Å². The van der Waals surface area contributed by atoms with Crippen molar-refractivity contribution in [3.05, 3.63) is 52.5 Å². The molecule has 0 spiro atoms. The van der Waals surface area contributed by atoms with Crippen LogP contribution >= 0.6 is 22.9 Å². The number of methoxy groups -OCH3 is 1. The minimum Gasteiger partial charge on any atom is -0.485 e. The molecule has 5 nitrogen and oxygen atoms in total.